The molecule has 8 nitrogen and oxygen atoms in total. The fourth-order valence-corrected chi connectivity index (χ4v) is 3.44. The first-order chi connectivity index (χ1) is 13.1. The van der Waals surface area contributed by atoms with E-state index in [2.05, 4.69) is 10.3 Å². The second kappa shape index (κ2) is 8.83. The third kappa shape index (κ3) is 4.75. The van der Waals surface area contributed by atoms with Crippen molar-refractivity contribution in [3.8, 4) is 0 Å². The SMILES string of the molecule is CCOC(=O)N1CCC(NC(=O)c2cccc(C(=O)N3CCCC3)n2)CC1. The van der Waals surface area contributed by atoms with Gasteiger partial charge in [-0.2, -0.15) is 0 Å². The molecule has 2 aliphatic heterocycles. The molecule has 3 rings (SSSR count). The average molecular weight is 374 g/mol. The van der Waals surface area contributed by atoms with Crippen molar-refractivity contribution in [2.24, 2.45) is 0 Å². The van der Waals surface area contributed by atoms with Gasteiger partial charge in [-0.3, -0.25) is 9.59 Å². The molecule has 27 heavy (non-hydrogen) atoms. The molecule has 146 valence electrons. The Labute approximate surface area is 158 Å². The maximum absolute atomic E-state index is 12.5. The lowest BCUT2D eigenvalue weighted by Gasteiger charge is -2.31. The summed E-state index contributed by atoms with van der Waals surface area (Å²) >= 11 is 0. The first kappa shape index (κ1) is 19.1. The Morgan fingerprint density at radius 1 is 1.07 bits per heavy atom. The van der Waals surface area contributed by atoms with Crippen LogP contribution in [0, 0.1) is 0 Å². The fourth-order valence-electron chi connectivity index (χ4n) is 3.44. The number of piperidine rings is 1. The number of hydrogen-bond acceptors (Lipinski definition) is 5. The van der Waals surface area contributed by atoms with Gasteiger partial charge in [-0.25, -0.2) is 9.78 Å². The number of nitrogens with one attached hydrogen (secondary N) is 1. The molecule has 2 fully saturated rings. The van der Waals surface area contributed by atoms with E-state index in [1.54, 1.807) is 34.9 Å². The Morgan fingerprint density at radius 2 is 1.74 bits per heavy atom. The molecule has 0 aromatic carbocycles. The Bertz CT molecular complexity index is 695. The van der Waals surface area contributed by atoms with Crippen LogP contribution in [0.2, 0.25) is 0 Å². The van der Waals surface area contributed by atoms with Crippen LogP contribution in [0.1, 0.15) is 53.6 Å². The van der Waals surface area contributed by atoms with Crippen LogP contribution in [-0.4, -0.2) is 71.5 Å². The Balaban J connectivity index is 1.55. The van der Waals surface area contributed by atoms with Crippen LogP contribution < -0.4 is 5.32 Å². The number of carbonyl (C=O) groups excluding carboxylic acids is 3. The van der Waals surface area contributed by atoms with Crippen molar-refractivity contribution < 1.29 is 19.1 Å². The minimum Gasteiger partial charge on any atom is -0.450 e. The van der Waals surface area contributed by atoms with Crippen LogP contribution in [0.25, 0.3) is 0 Å². The minimum atomic E-state index is -0.308. The van der Waals surface area contributed by atoms with Crippen molar-refractivity contribution in [3.05, 3.63) is 29.6 Å². The maximum atomic E-state index is 12.5. The van der Waals surface area contributed by atoms with Crippen molar-refractivity contribution in [3.63, 3.8) is 0 Å². The number of hydrogen-bond donors (Lipinski definition) is 1. The molecule has 0 bridgehead atoms. The smallest absolute Gasteiger partial charge is 0.409 e. The van der Waals surface area contributed by atoms with Gasteiger partial charge >= 0.3 is 6.09 Å². The highest BCUT2D eigenvalue weighted by Gasteiger charge is 2.26. The lowest BCUT2D eigenvalue weighted by atomic mass is 10.1. The Hall–Kier alpha value is -2.64. The zero-order chi connectivity index (χ0) is 19.2. The summed E-state index contributed by atoms with van der Waals surface area (Å²) < 4.78 is 5.00. The molecule has 1 aromatic rings. The topological polar surface area (TPSA) is 91.8 Å². The molecule has 0 aliphatic carbocycles. The lowest BCUT2D eigenvalue weighted by Crippen LogP contribution is -2.46. The van der Waals surface area contributed by atoms with Crippen LogP contribution in [0.15, 0.2) is 18.2 Å². The molecule has 2 aliphatic rings. The van der Waals surface area contributed by atoms with E-state index in [1.165, 1.54) is 0 Å². The van der Waals surface area contributed by atoms with E-state index < -0.39 is 0 Å². The molecular weight excluding hydrogens is 348 g/mol. The van der Waals surface area contributed by atoms with Crippen molar-refractivity contribution in [2.75, 3.05) is 32.8 Å². The van der Waals surface area contributed by atoms with Gasteiger partial charge in [-0.05, 0) is 44.7 Å². The zero-order valence-corrected chi connectivity index (χ0v) is 15.6. The van der Waals surface area contributed by atoms with Crippen molar-refractivity contribution in [1.82, 2.24) is 20.1 Å². The van der Waals surface area contributed by atoms with Crippen LogP contribution >= 0.6 is 0 Å². The van der Waals surface area contributed by atoms with Gasteiger partial charge in [-0.1, -0.05) is 6.07 Å². The van der Waals surface area contributed by atoms with E-state index in [0.29, 0.717) is 38.2 Å². The summed E-state index contributed by atoms with van der Waals surface area (Å²) in [5.74, 6) is -0.412. The highest BCUT2D eigenvalue weighted by atomic mass is 16.6. The molecular formula is C19H26N4O4. The number of aromatic nitrogens is 1. The van der Waals surface area contributed by atoms with Gasteiger partial charge in [0.15, 0.2) is 0 Å². The summed E-state index contributed by atoms with van der Waals surface area (Å²) in [4.78, 5) is 44.4. The zero-order valence-electron chi connectivity index (χ0n) is 15.6. The molecule has 2 saturated heterocycles. The number of rotatable bonds is 4. The van der Waals surface area contributed by atoms with E-state index >= 15 is 0 Å². The van der Waals surface area contributed by atoms with E-state index in [9.17, 15) is 14.4 Å². The highest BCUT2D eigenvalue weighted by molar-refractivity contribution is 5.96. The van der Waals surface area contributed by atoms with Crippen molar-refractivity contribution >= 4 is 17.9 Å². The first-order valence-corrected chi connectivity index (χ1v) is 9.57. The minimum absolute atomic E-state index is 0.0251. The fraction of sp³-hybridized carbons (Fsp3) is 0.579. The van der Waals surface area contributed by atoms with Gasteiger partial charge in [-0.15, -0.1) is 0 Å². The number of likely N-dealkylation sites (tertiary alicyclic amines) is 2. The molecule has 0 spiro atoms. The molecule has 0 unspecified atom stereocenters. The molecule has 1 aromatic heterocycles. The molecule has 0 radical (unpaired) electrons. The van der Waals surface area contributed by atoms with Gasteiger partial charge in [0.1, 0.15) is 11.4 Å². The monoisotopic (exact) mass is 374 g/mol. The third-order valence-corrected chi connectivity index (χ3v) is 4.95. The van der Waals surface area contributed by atoms with Gasteiger partial charge < -0.3 is 19.9 Å². The number of amides is 3. The molecule has 3 amide bonds. The van der Waals surface area contributed by atoms with Gasteiger partial charge in [0.25, 0.3) is 11.8 Å². The van der Waals surface area contributed by atoms with E-state index in [4.69, 9.17) is 4.74 Å². The number of nitrogens with zero attached hydrogens (tertiary/aromatic N) is 3. The summed E-state index contributed by atoms with van der Waals surface area (Å²) in [6, 6.07) is 4.93. The van der Waals surface area contributed by atoms with Crippen LogP contribution in [0.5, 0.6) is 0 Å². The average Bonchev–Trinajstić information content (AvgIpc) is 3.23. The molecule has 0 atom stereocenters. The summed E-state index contributed by atoms with van der Waals surface area (Å²) in [5, 5.41) is 2.96. The Kier molecular flexibility index (Phi) is 6.26. The predicted octanol–water partition coefficient (Wildman–Crippen LogP) is 1.67. The summed E-state index contributed by atoms with van der Waals surface area (Å²) in [7, 11) is 0. The third-order valence-electron chi connectivity index (χ3n) is 4.95. The number of ether oxygens (including phenoxy) is 1. The molecule has 0 saturated carbocycles. The van der Waals surface area contributed by atoms with E-state index in [0.717, 1.165) is 25.9 Å². The van der Waals surface area contributed by atoms with E-state index in [1.807, 2.05) is 0 Å². The maximum Gasteiger partial charge on any atom is 0.409 e. The molecule has 8 heteroatoms. The predicted molar refractivity (Wildman–Crippen MR) is 98.5 cm³/mol. The van der Waals surface area contributed by atoms with Crippen LogP contribution in [0.4, 0.5) is 4.79 Å². The van der Waals surface area contributed by atoms with Crippen LogP contribution in [0.3, 0.4) is 0 Å². The Morgan fingerprint density at radius 3 is 2.41 bits per heavy atom. The second-order valence-corrected chi connectivity index (χ2v) is 6.84. The number of carbonyl (C=O) groups is 3. The largest absolute Gasteiger partial charge is 0.450 e. The number of pyridine rings is 1. The second-order valence-electron chi connectivity index (χ2n) is 6.84. The molecule has 1 N–H and O–H groups in total. The summed E-state index contributed by atoms with van der Waals surface area (Å²) in [6.07, 6.45) is 3.04. The molecule has 3 heterocycles. The quantitative estimate of drug-likeness (QED) is 0.865. The normalized spacial score (nSPS) is 17.7. The van der Waals surface area contributed by atoms with Crippen molar-refractivity contribution in [1.29, 1.82) is 0 Å². The highest BCUT2D eigenvalue weighted by Crippen LogP contribution is 2.14. The van der Waals surface area contributed by atoms with Crippen molar-refractivity contribution in [2.45, 2.75) is 38.6 Å². The van der Waals surface area contributed by atoms with Crippen LogP contribution in [-0.2, 0) is 4.74 Å². The van der Waals surface area contributed by atoms with Gasteiger partial charge in [0.05, 0.1) is 6.61 Å². The van der Waals surface area contributed by atoms with Gasteiger partial charge in [0.2, 0.25) is 0 Å². The van der Waals surface area contributed by atoms with Gasteiger partial charge in [0, 0.05) is 32.2 Å². The lowest BCUT2D eigenvalue weighted by molar-refractivity contribution is 0.0786. The summed E-state index contributed by atoms with van der Waals surface area (Å²) in [6.45, 7) is 4.72. The standard InChI is InChI=1S/C19H26N4O4/c1-2-27-19(26)23-12-8-14(9-13-23)20-17(24)15-6-5-7-16(21-15)18(25)22-10-3-4-11-22/h5-7,14H,2-4,8-13H2,1H3,(H,20,24). The summed E-state index contributed by atoms with van der Waals surface area (Å²) in [5.41, 5.74) is 0.551. The van der Waals surface area contributed by atoms with E-state index in [-0.39, 0.29) is 29.6 Å². The first-order valence-electron chi connectivity index (χ1n) is 9.57.